The molecule has 0 aromatic heterocycles. The van der Waals surface area contributed by atoms with Crippen molar-refractivity contribution < 1.29 is 4.74 Å². The van der Waals surface area contributed by atoms with Gasteiger partial charge in [0, 0.05) is 26.2 Å². The first-order valence-electron chi connectivity index (χ1n) is 7.05. The third-order valence-corrected chi connectivity index (χ3v) is 3.30. The van der Waals surface area contributed by atoms with Gasteiger partial charge in [0.2, 0.25) is 0 Å². The van der Waals surface area contributed by atoms with Gasteiger partial charge in [-0.05, 0) is 32.7 Å². The lowest BCUT2D eigenvalue weighted by molar-refractivity contribution is 0.120. The van der Waals surface area contributed by atoms with Crippen LogP contribution in [-0.2, 0) is 4.74 Å². The van der Waals surface area contributed by atoms with Crippen molar-refractivity contribution in [1.29, 1.82) is 5.26 Å². The van der Waals surface area contributed by atoms with Crippen molar-refractivity contribution in [1.82, 2.24) is 10.2 Å². The molecule has 2 unspecified atom stereocenters. The van der Waals surface area contributed by atoms with E-state index in [4.69, 9.17) is 10.00 Å². The van der Waals surface area contributed by atoms with Gasteiger partial charge in [-0.3, -0.25) is 4.90 Å². The Morgan fingerprint density at radius 3 is 2.56 bits per heavy atom. The average Bonchev–Trinajstić information content (AvgIpc) is 2.41. The summed E-state index contributed by atoms with van der Waals surface area (Å²) in [7, 11) is 1.73. The lowest BCUT2D eigenvalue weighted by Gasteiger charge is -2.28. The van der Waals surface area contributed by atoms with Crippen LogP contribution in [0.25, 0.3) is 0 Å². The van der Waals surface area contributed by atoms with Crippen LogP contribution in [0.5, 0.6) is 0 Å². The Morgan fingerprint density at radius 2 is 2.06 bits per heavy atom. The predicted molar refractivity (Wildman–Crippen MR) is 75.5 cm³/mol. The average molecular weight is 255 g/mol. The van der Waals surface area contributed by atoms with E-state index in [2.05, 4.69) is 37.1 Å². The molecule has 106 valence electrons. The van der Waals surface area contributed by atoms with Gasteiger partial charge in [0.05, 0.1) is 18.7 Å². The third kappa shape index (κ3) is 7.65. The van der Waals surface area contributed by atoms with E-state index in [1.807, 2.05) is 0 Å². The molecule has 0 aliphatic heterocycles. The van der Waals surface area contributed by atoms with Gasteiger partial charge in [-0.1, -0.05) is 13.8 Å². The van der Waals surface area contributed by atoms with E-state index in [9.17, 15) is 0 Å². The molecule has 0 aromatic carbocycles. The second-order valence-electron chi connectivity index (χ2n) is 4.71. The number of methoxy groups -OCH3 is 1. The van der Waals surface area contributed by atoms with Gasteiger partial charge in [0.15, 0.2) is 0 Å². The normalized spacial score (nSPS) is 14.4. The summed E-state index contributed by atoms with van der Waals surface area (Å²) >= 11 is 0. The summed E-state index contributed by atoms with van der Waals surface area (Å²) in [5, 5.41) is 12.4. The van der Waals surface area contributed by atoms with Crippen LogP contribution >= 0.6 is 0 Å². The van der Waals surface area contributed by atoms with Gasteiger partial charge in [0.25, 0.3) is 0 Å². The Morgan fingerprint density at radius 1 is 1.33 bits per heavy atom. The fourth-order valence-electron chi connectivity index (χ4n) is 1.85. The molecule has 0 saturated carbocycles. The van der Waals surface area contributed by atoms with Gasteiger partial charge < -0.3 is 10.1 Å². The minimum atomic E-state index is -0.0287. The quantitative estimate of drug-likeness (QED) is 0.613. The largest absolute Gasteiger partial charge is 0.383 e. The van der Waals surface area contributed by atoms with Gasteiger partial charge in [0.1, 0.15) is 0 Å². The molecule has 0 bridgehead atoms. The standard InChI is InChI=1S/C14H29N3O/c1-5-8-16-14(12-15)7-9-17(10-11-18-4)13(3)6-2/h13-14,16H,5-11H2,1-4H3. The molecule has 2 atom stereocenters. The fraction of sp³-hybridized carbons (Fsp3) is 0.929. The lowest BCUT2D eigenvalue weighted by atomic mass is 10.1. The van der Waals surface area contributed by atoms with E-state index >= 15 is 0 Å². The zero-order valence-electron chi connectivity index (χ0n) is 12.4. The number of nitrogens with one attached hydrogen (secondary N) is 1. The molecule has 4 nitrogen and oxygen atoms in total. The van der Waals surface area contributed by atoms with Crippen LogP contribution in [0.15, 0.2) is 0 Å². The molecule has 0 aromatic rings. The molecule has 0 aliphatic rings. The van der Waals surface area contributed by atoms with Crippen molar-refractivity contribution in [3.8, 4) is 6.07 Å². The summed E-state index contributed by atoms with van der Waals surface area (Å²) in [5.41, 5.74) is 0. The first kappa shape index (κ1) is 17.4. The van der Waals surface area contributed by atoms with Crippen molar-refractivity contribution in [3.05, 3.63) is 0 Å². The summed E-state index contributed by atoms with van der Waals surface area (Å²) < 4.78 is 5.14. The highest BCUT2D eigenvalue weighted by Gasteiger charge is 2.14. The first-order chi connectivity index (χ1) is 8.69. The van der Waals surface area contributed by atoms with Crippen molar-refractivity contribution in [2.45, 2.75) is 52.1 Å². The summed E-state index contributed by atoms with van der Waals surface area (Å²) in [5.74, 6) is 0. The summed E-state index contributed by atoms with van der Waals surface area (Å²) in [6.07, 6.45) is 3.07. The number of rotatable bonds is 11. The predicted octanol–water partition coefficient (Wildman–Crippen LogP) is 2.02. The van der Waals surface area contributed by atoms with Gasteiger partial charge in [-0.2, -0.15) is 5.26 Å². The van der Waals surface area contributed by atoms with Crippen LogP contribution < -0.4 is 5.32 Å². The molecule has 18 heavy (non-hydrogen) atoms. The minimum Gasteiger partial charge on any atom is -0.383 e. The molecule has 0 fully saturated rings. The SMILES string of the molecule is CCCNC(C#N)CCN(CCOC)C(C)CC. The Kier molecular flexibility index (Phi) is 11.1. The number of hydrogen-bond donors (Lipinski definition) is 1. The van der Waals surface area contributed by atoms with Crippen molar-refractivity contribution in [2.24, 2.45) is 0 Å². The highest BCUT2D eigenvalue weighted by molar-refractivity contribution is 4.90. The summed E-state index contributed by atoms with van der Waals surface area (Å²) in [6.45, 7) is 10.1. The maximum atomic E-state index is 9.08. The highest BCUT2D eigenvalue weighted by atomic mass is 16.5. The van der Waals surface area contributed by atoms with Crippen LogP contribution in [0, 0.1) is 11.3 Å². The Bertz CT molecular complexity index is 228. The molecule has 1 N–H and O–H groups in total. The van der Waals surface area contributed by atoms with Crippen LogP contribution in [0.1, 0.15) is 40.0 Å². The molecule has 4 heteroatoms. The second-order valence-corrected chi connectivity index (χ2v) is 4.71. The van der Waals surface area contributed by atoms with E-state index in [1.54, 1.807) is 7.11 Å². The number of nitrogens with zero attached hydrogens (tertiary/aromatic N) is 2. The molecular formula is C14H29N3O. The Balaban J connectivity index is 4.09. The number of hydrogen-bond acceptors (Lipinski definition) is 4. The van der Waals surface area contributed by atoms with Crippen molar-refractivity contribution in [2.75, 3.05) is 33.4 Å². The molecule has 0 rings (SSSR count). The van der Waals surface area contributed by atoms with E-state index in [0.717, 1.165) is 45.5 Å². The topological polar surface area (TPSA) is 48.3 Å². The van der Waals surface area contributed by atoms with Crippen LogP contribution in [0.3, 0.4) is 0 Å². The molecule has 0 amide bonds. The smallest absolute Gasteiger partial charge is 0.0965 e. The molecule has 0 saturated heterocycles. The van der Waals surface area contributed by atoms with Crippen molar-refractivity contribution in [3.63, 3.8) is 0 Å². The van der Waals surface area contributed by atoms with Crippen LogP contribution in [0.2, 0.25) is 0 Å². The van der Waals surface area contributed by atoms with Gasteiger partial charge >= 0.3 is 0 Å². The van der Waals surface area contributed by atoms with Gasteiger partial charge in [-0.25, -0.2) is 0 Å². The zero-order valence-corrected chi connectivity index (χ0v) is 12.4. The van der Waals surface area contributed by atoms with Crippen molar-refractivity contribution >= 4 is 0 Å². The number of ether oxygens (including phenoxy) is 1. The lowest BCUT2D eigenvalue weighted by Crippen LogP contribution is -2.39. The maximum Gasteiger partial charge on any atom is 0.0965 e. The molecule has 0 aliphatic carbocycles. The first-order valence-corrected chi connectivity index (χ1v) is 7.05. The van der Waals surface area contributed by atoms with E-state index in [0.29, 0.717) is 6.04 Å². The molecule has 0 spiro atoms. The van der Waals surface area contributed by atoms with Gasteiger partial charge in [-0.15, -0.1) is 0 Å². The van der Waals surface area contributed by atoms with E-state index in [-0.39, 0.29) is 6.04 Å². The van der Waals surface area contributed by atoms with Crippen LogP contribution in [-0.4, -0.2) is 50.3 Å². The van der Waals surface area contributed by atoms with E-state index in [1.165, 1.54) is 0 Å². The Labute approximate surface area is 112 Å². The molecular weight excluding hydrogens is 226 g/mol. The molecule has 0 radical (unpaired) electrons. The monoisotopic (exact) mass is 255 g/mol. The summed E-state index contributed by atoms with van der Waals surface area (Å²) in [4.78, 5) is 2.40. The van der Waals surface area contributed by atoms with E-state index < -0.39 is 0 Å². The second kappa shape index (κ2) is 11.5. The highest BCUT2D eigenvalue weighted by Crippen LogP contribution is 2.05. The minimum absolute atomic E-state index is 0.0287. The Hall–Kier alpha value is -0.630. The summed E-state index contributed by atoms with van der Waals surface area (Å²) in [6, 6.07) is 2.85. The fourth-order valence-corrected chi connectivity index (χ4v) is 1.85. The zero-order chi connectivity index (χ0) is 13.8. The van der Waals surface area contributed by atoms with Crippen LogP contribution in [0.4, 0.5) is 0 Å². The number of nitriles is 1. The maximum absolute atomic E-state index is 9.08. The third-order valence-electron chi connectivity index (χ3n) is 3.30. The molecule has 0 heterocycles.